The summed E-state index contributed by atoms with van der Waals surface area (Å²) in [6, 6.07) is 27.8. The second-order valence-corrected chi connectivity index (χ2v) is 9.39. The molecule has 0 aromatic heterocycles. The summed E-state index contributed by atoms with van der Waals surface area (Å²) < 4.78 is 0. The second kappa shape index (κ2) is 12.9. The number of rotatable bonds is 8. The average Bonchev–Trinajstić information content (AvgIpc) is 2.95. The predicted molar refractivity (Wildman–Crippen MR) is 158 cm³/mol. The lowest BCUT2D eigenvalue weighted by Gasteiger charge is -2.12. The van der Waals surface area contributed by atoms with Crippen molar-refractivity contribution in [3.05, 3.63) is 147 Å². The van der Waals surface area contributed by atoms with Crippen LogP contribution in [0.1, 0.15) is 37.4 Å². The lowest BCUT2D eigenvalue weighted by molar-refractivity contribution is -0.113. The highest BCUT2D eigenvalue weighted by Gasteiger charge is 2.16. The molecule has 0 aliphatic carbocycles. The van der Waals surface area contributed by atoms with Gasteiger partial charge in [0, 0.05) is 16.8 Å². The number of hydrogen-bond acceptors (Lipinski definition) is 3. The molecule has 4 rings (SSSR count). The number of hydrogen-bond donors (Lipinski definition) is 2. The van der Waals surface area contributed by atoms with E-state index in [0.29, 0.717) is 32.4 Å². The van der Waals surface area contributed by atoms with E-state index in [1.165, 1.54) is 6.08 Å². The quantitative estimate of drug-likeness (QED) is 0.174. The van der Waals surface area contributed by atoms with Gasteiger partial charge >= 0.3 is 0 Å². The standard InChI is InChI=1S/C32H24Cl2N2O3/c1-21-8-5-6-11-25(21)20-28(36-31(38)24-9-3-2-4-10-24)32(39)35-26-17-14-22(15-18-26)29(37)19-16-23-12-7-13-27(33)30(23)34/h2-20H,1H3,(H,35,39)(H,36,38)/b19-16+,28-20-. The fourth-order valence-electron chi connectivity index (χ4n) is 3.67. The van der Waals surface area contributed by atoms with E-state index >= 15 is 0 Å². The number of halogens is 2. The number of allylic oxidation sites excluding steroid dienone is 1. The van der Waals surface area contributed by atoms with Gasteiger partial charge < -0.3 is 10.6 Å². The van der Waals surface area contributed by atoms with Crippen LogP contribution in [-0.4, -0.2) is 17.6 Å². The van der Waals surface area contributed by atoms with Crippen LogP contribution in [0.4, 0.5) is 5.69 Å². The van der Waals surface area contributed by atoms with Gasteiger partial charge in [0.25, 0.3) is 11.8 Å². The molecule has 0 unspecified atom stereocenters. The first-order valence-corrected chi connectivity index (χ1v) is 12.8. The highest BCUT2D eigenvalue weighted by atomic mass is 35.5. The van der Waals surface area contributed by atoms with Gasteiger partial charge in [-0.25, -0.2) is 0 Å². The van der Waals surface area contributed by atoms with Gasteiger partial charge in [0.2, 0.25) is 0 Å². The van der Waals surface area contributed by atoms with E-state index in [-0.39, 0.29) is 11.5 Å². The van der Waals surface area contributed by atoms with Crippen molar-refractivity contribution in [2.75, 3.05) is 5.32 Å². The van der Waals surface area contributed by atoms with E-state index in [0.717, 1.165) is 11.1 Å². The molecule has 5 nitrogen and oxygen atoms in total. The Labute approximate surface area is 236 Å². The Hall–Kier alpha value is -4.45. The Bertz CT molecular complexity index is 1580. The highest BCUT2D eigenvalue weighted by molar-refractivity contribution is 6.43. The first kappa shape index (κ1) is 27.6. The molecule has 0 heterocycles. The van der Waals surface area contributed by atoms with Crippen molar-refractivity contribution in [2.24, 2.45) is 0 Å². The van der Waals surface area contributed by atoms with Gasteiger partial charge in [0.05, 0.1) is 10.0 Å². The summed E-state index contributed by atoms with van der Waals surface area (Å²) in [6.07, 6.45) is 4.65. The summed E-state index contributed by atoms with van der Waals surface area (Å²) in [4.78, 5) is 38.7. The molecule has 0 bridgehead atoms. The zero-order valence-corrected chi connectivity index (χ0v) is 22.5. The van der Waals surface area contributed by atoms with Crippen LogP contribution in [0, 0.1) is 6.92 Å². The van der Waals surface area contributed by atoms with Crippen molar-refractivity contribution in [1.82, 2.24) is 5.32 Å². The minimum Gasteiger partial charge on any atom is -0.321 e. The molecule has 0 saturated carbocycles. The molecule has 0 spiro atoms. The molecular weight excluding hydrogens is 531 g/mol. The van der Waals surface area contributed by atoms with Crippen molar-refractivity contribution in [1.29, 1.82) is 0 Å². The van der Waals surface area contributed by atoms with Crippen LogP contribution < -0.4 is 10.6 Å². The van der Waals surface area contributed by atoms with E-state index in [4.69, 9.17) is 23.2 Å². The molecular formula is C32H24Cl2N2O3. The molecule has 7 heteroatoms. The summed E-state index contributed by atoms with van der Waals surface area (Å²) in [7, 11) is 0. The van der Waals surface area contributed by atoms with Crippen LogP contribution in [-0.2, 0) is 4.79 Å². The minimum absolute atomic E-state index is 0.0830. The number of benzene rings is 4. The van der Waals surface area contributed by atoms with Crippen molar-refractivity contribution in [2.45, 2.75) is 6.92 Å². The SMILES string of the molecule is Cc1ccccc1/C=C(\NC(=O)c1ccccc1)C(=O)Nc1ccc(C(=O)/C=C/c2cccc(Cl)c2Cl)cc1. The van der Waals surface area contributed by atoms with Crippen molar-refractivity contribution >= 4 is 58.6 Å². The number of carbonyl (C=O) groups excluding carboxylic acids is 3. The number of anilines is 1. The third-order valence-electron chi connectivity index (χ3n) is 5.84. The predicted octanol–water partition coefficient (Wildman–Crippen LogP) is 7.61. The van der Waals surface area contributed by atoms with Crippen LogP contribution in [0.15, 0.2) is 109 Å². The lowest BCUT2D eigenvalue weighted by Crippen LogP contribution is -2.30. The van der Waals surface area contributed by atoms with E-state index in [1.807, 2.05) is 37.3 Å². The zero-order valence-electron chi connectivity index (χ0n) is 21.0. The van der Waals surface area contributed by atoms with E-state index in [2.05, 4.69) is 10.6 Å². The molecule has 0 radical (unpaired) electrons. The molecule has 0 aliphatic rings. The van der Waals surface area contributed by atoms with Crippen molar-refractivity contribution in [3.8, 4) is 0 Å². The first-order chi connectivity index (χ1) is 18.8. The zero-order chi connectivity index (χ0) is 27.8. The van der Waals surface area contributed by atoms with Crippen LogP contribution in [0.5, 0.6) is 0 Å². The van der Waals surface area contributed by atoms with E-state index in [9.17, 15) is 14.4 Å². The molecule has 0 fully saturated rings. The number of amides is 2. The maximum Gasteiger partial charge on any atom is 0.272 e. The molecule has 4 aromatic carbocycles. The fourth-order valence-corrected chi connectivity index (χ4v) is 4.04. The van der Waals surface area contributed by atoms with Gasteiger partial charge in [-0.1, -0.05) is 77.8 Å². The van der Waals surface area contributed by atoms with Crippen molar-refractivity contribution in [3.63, 3.8) is 0 Å². The number of nitrogens with one attached hydrogen (secondary N) is 2. The fraction of sp³-hybridized carbons (Fsp3) is 0.0312. The summed E-state index contributed by atoms with van der Waals surface area (Å²) >= 11 is 12.2. The van der Waals surface area contributed by atoms with Gasteiger partial charge in [-0.15, -0.1) is 0 Å². The molecule has 39 heavy (non-hydrogen) atoms. The summed E-state index contributed by atoms with van der Waals surface area (Å²) in [5.74, 6) is -1.14. The third kappa shape index (κ3) is 7.32. The second-order valence-electron chi connectivity index (χ2n) is 8.61. The lowest BCUT2D eigenvalue weighted by atomic mass is 10.1. The monoisotopic (exact) mass is 554 g/mol. The van der Waals surface area contributed by atoms with Gasteiger partial charge in [0.1, 0.15) is 5.70 Å². The Morgan fingerprint density at radius 1 is 0.718 bits per heavy atom. The van der Waals surface area contributed by atoms with Crippen molar-refractivity contribution < 1.29 is 14.4 Å². The van der Waals surface area contributed by atoms with Gasteiger partial charge in [0.15, 0.2) is 5.78 Å². The highest BCUT2D eigenvalue weighted by Crippen LogP contribution is 2.26. The Balaban J connectivity index is 1.51. The summed E-state index contributed by atoms with van der Waals surface area (Å²) in [6.45, 7) is 1.92. The maximum atomic E-state index is 13.2. The molecule has 0 atom stereocenters. The smallest absolute Gasteiger partial charge is 0.272 e. The van der Waals surface area contributed by atoms with Crippen LogP contribution in [0.3, 0.4) is 0 Å². The molecule has 194 valence electrons. The maximum absolute atomic E-state index is 13.2. The van der Waals surface area contributed by atoms with Crippen LogP contribution >= 0.6 is 23.2 Å². The number of carbonyl (C=O) groups is 3. The normalized spacial score (nSPS) is 11.3. The molecule has 0 saturated heterocycles. The topological polar surface area (TPSA) is 75.3 Å². The van der Waals surface area contributed by atoms with Gasteiger partial charge in [-0.2, -0.15) is 0 Å². The van der Waals surface area contributed by atoms with Crippen LogP contribution in [0.25, 0.3) is 12.2 Å². The molecule has 4 aromatic rings. The van der Waals surface area contributed by atoms with Gasteiger partial charge in [-0.3, -0.25) is 14.4 Å². The third-order valence-corrected chi connectivity index (χ3v) is 6.67. The minimum atomic E-state index is -0.503. The summed E-state index contributed by atoms with van der Waals surface area (Å²) in [5.41, 5.74) is 3.77. The Morgan fingerprint density at radius 3 is 2.10 bits per heavy atom. The van der Waals surface area contributed by atoms with Crippen LogP contribution in [0.2, 0.25) is 10.0 Å². The Morgan fingerprint density at radius 2 is 1.38 bits per heavy atom. The van der Waals surface area contributed by atoms with E-state index < -0.39 is 11.8 Å². The molecule has 2 amide bonds. The van der Waals surface area contributed by atoms with E-state index in [1.54, 1.807) is 78.9 Å². The number of ketones is 1. The first-order valence-electron chi connectivity index (χ1n) is 12.0. The largest absolute Gasteiger partial charge is 0.321 e. The molecule has 2 N–H and O–H groups in total. The van der Waals surface area contributed by atoms with Gasteiger partial charge in [-0.05, 0) is 84.3 Å². The average molecular weight is 555 g/mol. The Kier molecular flexibility index (Phi) is 9.10. The molecule has 0 aliphatic heterocycles. The summed E-state index contributed by atoms with van der Waals surface area (Å²) in [5, 5.41) is 6.29. The number of aryl methyl sites for hydroxylation is 1.